The van der Waals surface area contributed by atoms with Crippen molar-refractivity contribution in [1.29, 1.82) is 0 Å². The lowest BCUT2D eigenvalue weighted by Crippen LogP contribution is -2.43. The lowest BCUT2D eigenvalue weighted by Gasteiger charge is -2.38. The second kappa shape index (κ2) is 7.55. The molecule has 5 nitrogen and oxygen atoms in total. The van der Waals surface area contributed by atoms with Gasteiger partial charge in [0, 0.05) is 13.1 Å². The largest absolute Gasteiger partial charge is 0.367 e. The van der Waals surface area contributed by atoms with Gasteiger partial charge < -0.3 is 9.64 Å². The third kappa shape index (κ3) is 3.61. The summed E-state index contributed by atoms with van der Waals surface area (Å²) in [6, 6.07) is 19.3. The van der Waals surface area contributed by atoms with Crippen LogP contribution >= 0.6 is 11.6 Å². The Morgan fingerprint density at radius 2 is 1.70 bits per heavy atom. The van der Waals surface area contributed by atoms with E-state index >= 15 is 0 Å². The molecule has 0 N–H and O–H groups in total. The van der Waals surface area contributed by atoms with E-state index in [9.17, 15) is 4.79 Å². The molecule has 1 saturated heterocycles. The molecule has 0 bridgehead atoms. The molecule has 2 aromatic carbocycles. The Balaban J connectivity index is 1.66. The van der Waals surface area contributed by atoms with E-state index in [2.05, 4.69) is 10.00 Å². The van der Waals surface area contributed by atoms with Crippen LogP contribution < -0.4 is 10.5 Å². The van der Waals surface area contributed by atoms with E-state index in [0.29, 0.717) is 24.5 Å². The molecule has 2 unspecified atom stereocenters. The van der Waals surface area contributed by atoms with Gasteiger partial charge in [0.05, 0.1) is 23.7 Å². The average molecular weight is 382 g/mol. The van der Waals surface area contributed by atoms with Gasteiger partial charge in [0.1, 0.15) is 11.1 Å². The summed E-state index contributed by atoms with van der Waals surface area (Å²) in [5.41, 5.74) is 2.12. The number of para-hydroxylation sites is 1. The Morgan fingerprint density at radius 1 is 1.04 bits per heavy atom. The molecule has 1 aliphatic heterocycles. The maximum atomic E-state index is 12.8. The highest BCUT2D eigenvalue weighted by atomic mass is 35.5. The monoisotopic (exact) mass is 381 g/mol. The molecule has 2 atom stereocenters. The second-order valence-corrected chi connectivity index (χ2v) is 7.03. The Labute approximate surface area is 162 Å². The number of morpholine rings is 1. The first kappa shape index (κ1) is 17.8. The van der Waals surface area contributed by atoms with Crippen LogP contribution in [0.25, 0.3) is 5.69 Å². The summed E-state index contributed by atoms with van der Waals surface area (Å²) in [6.45, 7) is 3.29. The van der Waals surface area contributed by atoms with Gasteiger partial charge in [0.2, 0.25) is 0 Å². The molecular formula is C21H20ClN3O2. The van der Waals surface area contributed by atoms with Gasteiger partial charge in [-0.2, -0.15) is 9.78 Å². The predicted molar refractivity (Wildman–Crippen MR) is 107 cm³/mol. The lowest BCUT2D eigenvalue weighted by molar-refractivity contribution is -0.0174. The van der Waals surface area contributed by atoms with Crippen molar-refractivity contribution in [2.45, 2.75) is 19.1 Å². The number of nitrogens with zero attached hydrogens (tertiary/aromatic N) is 3. The van der Waals surface area contributed by atoms with Gasteiger partial charge in [0.15, 0.2) is 0 Å². The summed E-state index contributed by atoms with van der Waals surface area (Å²) in [5.74, 6) is 0. The van der Waals surface area contributed by atoms with Crippen molar-refractivity contribution in [3.05, 3.63) is 87.8 Å². The summed E-state index contributed by atoms with van der Waals surface area (Å²) in [6.07, 6.45) is 1.59. The number of hydrogen-bond acceptors (Lipinski definition) is 4. The normalized spacial score (nSPS) is 19.9. The SMILES string of the molecule is CC1CN(c2cnn(-c3ccccc3)c(=O)c2Cl)CC(c2ccccc2)O1. The van der Waals surface area contributed by atoms with Crippen LogP contribution in [0.3, 0.4) is 0 Å². The van der Waals surface area contributed by atoms with Crippen molar-refractivity contribution in [2.75, 3.05) is 18.0 Å². The minimum Gasteiger partial charge on any atom is -0.367 e. The second-order valence-electron chi connectivity index (χ2n) is 6.65. The van der Waals surface area contributed by atoms with Crippen molar-refractivity contribution in [2.24, 2.45) is 0 Å². The van der Waals surface area contributed by atoms with Crippen LogP contribution in [0.4, 0.5) is 5.69 Å². The molecule has 0 spiro atoms. The summed E-state index contributed by atoms with van der Waals surface area (Å²) in [4.78, 5) is 14.9. The number of ether oxygens (including phenoxy) is 1. The Kier molecular flexibility index (Phi) is 4.97. The van der Waals surface area contributed by atoms with Gasteiger partial charge in [0.25, 0.3) is 5.56 Å². The lowest BCUT2D eigenvalue weighted by atomic mass is 10.1. The molecule has 1 aliphatic rings. The van der Waals surface area contributed by atoms with Gasteiger partial charge in [-0.15, -0.1) is 0 Å². The molecule has 1 aromatic heterocycles. The minimum absolute atomic E-state index is 0.0107. The van der Waals surface area contributed by atoms with E-state index in [1.165, 1.54) is 4.68 Å². The first-order valence-electron chi connectivity index (χ1n) is 8.92. The highest BCUT2D eigenvalue weighted by Crippen LogP contribution is 2.30. The van der Waals surface area contributed by atoms with Crippen molar-refractivity contribution in [3.8, 4) is 5.69 Å². The Hall–Kier alpha value is -2.63. The molecule has 138 valence electrons. The molecule has 0 aliphatic carbocycles. The standard InChI is InChI=1S/C21H20ClN3O2/c1-15-13-24(14-19(27-15)16-8-4-2-5-9-16)18-12-23-25(21(26)20(18)22)17-10-6-3-7-11-17/h2-12,15,19H,13-14H2,1H3. The number of benzene rings is 2. The topological polar surface area (TPSA) is 47.4 Å². The zero-order valence-corrected chi connectivity index (χ0v) is 15.7. The number of rotatable bonds is 3. The zero-order chi connectivity index (χ0) is 18.8. The summed E-state index contributed by atoms with van der Waals surface area (Å²) in [5, 5.41) is 4.52. The van der Waals surface area contributed by atoms with Crippen LogP contribution in [0, 0.1) is 0 Å². The molecule has 3 aromatic rings. The van der Waals surface area contributed by atoms with Gasteiger partial charge in [-0.1, -0.05) is 60.1 Å². The van der Waals surface area contributed by atoms with Crippen molar-refractivity contribution in [1.82, 2.24) is 9.78 Å². The van der Waals surface area contributed by atoms with Crippen LogP contribution in [0.1, 0.15) is 18.6 Å². The highest BCUT2D eigenvalue weighted by molar-refractivity contribution is 6.33. The molecule has 0 radical (unpaired) electrons. The predicted octanol–water partition coefficient (Wildman–Crippen LogP) is 3.85. The van der Waals surface area contributed by atoms with Crippen molar-refractivity contribution >= 4 is 17.3 Å². The minimum atomic E-state index is -0.323. The maximum absolute atomic E-state index is 12.8. The number of aromatic nitrogens is 2. The molecule has 27 heavy (non-hydrogen) atoms. The van der Waals surface area contributed by atoms with E-state index in [4.69, 9.17) is 16.3 Å². The van der Waals surface area contributed by atoms with Crippen molar-refractivity contribution < 1.29 is 4.74 Å². The fourth-order valence-corrected chi connectivity index (χ4v) is 3.65. The third-order valence-corrected chi connectivity index (χ3v) is 5.03. The molecule has 4 rings (SSSR count). The molecule has 2 heterocycles. The quantitative estimate of drug-likeness (QED) is 0.691. The summed E-state index contributed by atoms with van der Waals surface area (Å²) < 4.78 is 7.42. The van der Waals surface area contributed by atoms with Crippen LogP contribution in [-0.4, -0.2) is 29.0 Å². The van der Waals surface area contributed by atoms with E-state index in [1.54, 1.807) is 6.20 Å². The first-order valence-corrected chi connectivity index (χ1v) is 9.30. The Morgan fingerprint density at radius 3 is 2.41 bits per heavy atom. The summed E-state index contributed by atoms with van der Waals surface area (Å²) >= 11 is 6.47. The average Bonchev–Trinajstić information content (AvgIpc) is 2.71. The highest BCUT2D eigenvalue weighted by Gasteiger charge is 2.28. The van der Waals surface area contributed by atoms with Gasteiger partial charge in [-0.05, 0) is 24.6 Å². The van der Waals surface area contributed by atoms with E-state index in [-0.39, 0.29) is 22.8 Å². The number of halogens is 1. The van der Waals surface area contributed by atoms with E-state index in [0.717, 1.165) is 5.56 Å². The number of anilines is 1. The molecule has 0 amide bonds. The molecule has 1 fully saturated rings. The van der Waals surface area contributed by atoms with Gasteiger partial charge in [-0.3, -0.25) is 4.79 Å². The molecular weight excluding hydrogens is 362 g/mol. The summed E-state index contributed by atoms with van der Waals surface area (Å²) in [7, 11) is 0. The molecule has 0 saturated carbocycles. The van der Waals surface area contributed by atoms with Crippen LogP contribution in [0.5, 0.6) is 0 Å². The van der Waals surface area contributed by atoms with E-state index in [1.807, 2.05) is 67.6 Å². The fraction of sp³-hybridized carbons (Fsp3) is 0.238. The van der Waals surface area contributed by atoms with Crippen molar-refractivity contribution in [3.63, 3.8) is 0 Å². The fourth-order valence-electron chi connectivity index (χ4n) is 3.40. The third-order valence-electron chi connectivity index (χ3n) is 4.67. The number of hydrogen-bond donors (Lipinski definition) is 0. The van der Waals surface area contributed by atoms with Gasteiger partial charge in [-0.25, -0.2) is 0 Å². The smallest absolute Gasteiger partial charge is 0.292 e. The molecule has 6 heteroatoms. The zero-order valence-electron chi connectivity index (χ0n) is 15.0. The van der Waals surface area contributed by atoms with Crippen LogP contribution in [0.15, 0.2) is 71.7 Å². The van der Waals surface area contributed by atoms with Crippen LogP contribution in [-0.2, 0) is 4.74 Å². The van der Waals surface area contributed by atoms with Gasteiger partial charge >= 0.3 is 0 Å². The maximum Gasteiger partial charge on any atom is 0.292 e. The Bertz CT molecular complexity index is 976. The van der Waals surface area contributed by atoms with Crippen LogP contribution in [0.2, 0.25) is 5.02 Å². The first-order chi connectivity index (χ1) is 13.1. The van der Waals surface area contributed by atoms with E-state index < -0.39 is 0 Å².